The molecule has 0 aromatic rings. The minimum Gasteiger partial charge on any atom is -0.481 e. The van der Waals surface area contributed by atoms with Gasteiger partial charge in [-0.05, 0) is 13.3 Å². The van der Waals surface area contributed by atoms with Crippen molar-refractivity contribution in [3.63, 3.8) is 0 Å². The zero-order valence-electron chi connectivity index (χ0n) is 6.58. The van der Waals surface area contributed by atoms with Crippen LogP contribution in [0.3, 0.4) is 0 Å². The first-order chi connectivity index (χ1) is 5.22. The lowest BCUT2D eigenvalue weighted by molar-refractivity contribution is -0.141. The number of allylic oxidation sites excluding steroid dienone is 2. The SMILES string of the molecule is C#CCC(CC=CC)C(=O)O. The summed E-state index contributed by atoms with van der Waals surface area (Å²) in [5.41, 5.74) is 0. The highest BCUT2D eigenvalue weighted by molar-refractivity contribution is 5.70. The van der Waals surface area contributed by atoms with Gasteiger partial charge in [-0.1, -0.05) is 12.2 Å². The van der Waals surface area contributed by atoms with Gasteiger partial charge in [0.05, 0.1) is 5.92 Å². The number of terminal acetylenes is 1. The molecule has 0 aromatic heterocycles. The van der Waals surface area contributed by atoms with Gasteiger partial charge >= 0.3 is 5.97 Å². The zero-order chi connectivity index (χ0) is 8.69. The number of rotatable bonds is 4. The first-order valence-corrected chi connectivity index (χ1v) is 3.49. The molecule has 60 valence electrons. The number of carboxylic acid groups (broad SMARTS) is 1. The second-order valence-corrected chi connectivity index (χ2v) is 2.25. The van der Waals surface area contributed by atoms with Gasteiger partial charge in [-0.3, -0.25) is 4.79 Å². The largest absolute Gasteiger partial charge is 0.481 e. The molecule has 0 bridgehead atoms. The second kappa shape index (κ2) is 5.55. The fourth-order valence-corrected chi connectivity index (χ4v) is 0.714. The van der Waals surface area contributed by atoms with Gasteiger partial charge in [0.15, 0.2) is 0 Å². The molecular weight excluding hydrogens is 140 g/mol. The summed E-state index contributed by atoms with van der Waals surface area (Å²) in [6.07, 6.45) is 9.47. The van der Waals surface area contributed by atoms with Crippen LogP contribution < -0.4 is 0 Å². The highest BCUT2D eigenvalue weighted by Crippen LogP contribution is 2.08. The minimum absolute atomic E-state index is 0.305. The highest BCUT2D eigenvalue weighted by Gasteiger charge is 2.13. The monoisotopic (exact) mass is 152 g/mol. The Morgan fingerprint density at radius 3 is 2.82 bits per heavy atom. The molecule has 11 heavy (non-hydrogen) atoms. The maximum atomic E-state index is 10.5. The summed E-state index contributed by atoms with van der Waals surface area (Å²) < 4.78 is 0. The number of carboxylic acids is 1. The maximum Gasteiger partial charge on any atom is 0.307 e. The molecule has 0 saturated heterocycles. The zero-order valence-corrected chi connectivity index (χ0v) is 6.58. The van der Waals surface area contributed by atoms with E-state index in [1.54, 1.807) is 0 Å². The van der Waals surface area contributed by atoms with E-state index in [9.17, 15) is 4.79 Å². The topological polar surface area (TPSA) is 37.3 Å². The van der Waals surface area contributed by atoms with Crippen molar-refractivity contribution < 1.29 is 9.90 Å². The third-order valence-corrected chi connectivity index (χ3v) is 1.37. The molecule has 0 rings (SSSR count). The van der Waals surface area contributed by atoms with E-state index in [-0.39, 0.29) is 0 Å². The smallest absolute Gasteiger partial charge is 0.307 e. The quantitative estimate of drug-likeness (QED) is 0.491. The molecule has 1 atom stereocenters. The van der Waals surface area contributed by atoms with Crippen LogP contribution in [-0.4, -0.2) is 11.1 Å². The molecule has 0 aromatic carbocycles. The van der Waals surface area contributed by atoms with Gasteiger partial charge in [0.25, 0.3) is 0 Å². The van der Waals surface area contributed by atoms with Crippen molar-refractivity contribution in [1.29, 1.82) is 0 Å². The van der Waals surface area contributed by atoms with Gasteiger partial charge in [-0.15, -0.1) is 12.3 Å². The van der Waals surface area contributed by atoms with Crippen molar-refractivity contribution in [2.45, 2.75) is 19.8 Å². The Bertz CT molecular complexity index is 186. The Morgan fingerprint density at radius 2 is 2.45 bits per heavy atom. The Labute approximate surface area is 66.9 Å². The first-order valence-electron chi connectivity index (χ1n) is 3.49. The summed E-state index contributed by atoms with van der Waals surface area (Å²) in [5, 5.41) is 8.60. The van der Waals surface area contributed by atoms with Gasteiger partial charge in [0.1, 0.15) is 0 Å². The van der Waals surface area contributed by atoms with Crippen LogP contribution in [0.2, 0.25) is 0 Å². The number of hydrogen-bond acceptors (Lipinski definition) is 1. The molecule has 1 N–H and O–H groups in total. The van der Waals surface area contributed by atoms with E-state index < -0.39 is 11.9 Å². The molecule has 0 aliphatic rings. The average Bonchev–Trinajstić information content (AvgIpc) is 1.97. The number of carbonyl (C=O) groups is 1. The highest BCUT2D eigenvalue weighted by atomic mass is 16.4. The molecule has 0 amide bonds. The summed E-state index contributed by atoms with van der Waals surface area (Å²) in [4.78, 5) is 10.5. The van der Waals surface area contributed by atoms with Crippen molar-refractivity contribution in [3.05, 3.63) is 12.2 Å². The van der Waals surface area contributed by atoms with E-state index in [0.717, 1.165) is 0 Å². The first kappa shape index (κ1) is 9.77. The normalized spacial score (nSPS) is 12.7. The van der Waals surface area contributed by atoms with Crippen LogP contribution in [0.25, 0.3) is 0 Å². The fraction of sp³-hybridized carbons (Fsp3) is 0.444. The van der Waals surface area contributed by atoms with Crippen molar-refractivity contribution in [2.75, 3.05) is 0 Å². The van der Waals surface area contributed by atoms with E-state index >= 15 is 0 Å². The second-order valence-electron chi connectivity index (χ2n) is 2.25. The van der Waals surface area contributed by atoms with Gasteiger partial charge in [-0.25, -0.2) is 0 Å². The molecule has 1 unspecified atom stereocenters. The molecule has 0 saturated carbocycles. The molecule has 0 aliphatic heterocycles. The van der Waals surface area contributed by atoms with Crippen LogP contribution in [-0.2, 0) is 4.79 Å². The third-order valence-electron chi connectivity index (χ3n) is 1.37. The van der Waals surface area contributed by atoms with Crippen LogP contribution in [0.5, 0.6) is 0 Å². The summed E-state index contributed by atoms with van der Waals surface area (Å²) in [5.74, 6) is 1.10. The van der Waals surface area contributed by atoms with E-state index in [2.05, 4.69) is 5.92 Å². The molecule has 0 aliphatic carbocycles. The molecule has 0 heterocycles. The Balaban J connectivity index is 3.91. The molecule has 0 spiro atoms. The molecule has 0 fully saturated rings. The Kier molecular flexibility index (Phi) is 4.93. The van der Waals surface area contributed by atoms with Crippen LogP contribution in [0, 0.1) is 18.3 Å². The van der Waals surface area contributed by atoms with Crippen molar-refractivity contribution in [1.82, 2.24) is 0 Å². The lowest BCUT2D eigenvalue weighted by atomic mass is 10.0. The predicted octanol–water partition coefficient (Wildman–Crippen LogP) is 1.68. The predicted molar refractivity (Wildman–Crippen MR) is 44.0 cm³/mol. The van der Waals surface area contributed by atoms with Gasteiger partial charge in [-0.2, -0.15) is 0 Å². The van der Waals surface area contributed by atoms with Crippen LogP contribution in [0.4, 0.5) is 0 Å². The molecule has 2 nitrogen and oxygen atoms in total. The summed E-state index contributed by atoms with van der Waals surface area (Å²) in [6.45, 7) is 1.86. The summed E-state index contributed by atoms with van der Waals surface area (Å²) in [7, 11) is 0. The summed E-state index contributed by atoms with van der Waals surface area (Å²) in [6, 6.07) is 0. The van der Waals surface area contributed by atoms with Crippen molar-refractivity contribution in [2.24, 2.45) is 5.92 Å². The van der Waals surface area contributed by atoms with Crippen LogP contribution in [0.1, 0.15) is 19.8 Å². The van der Waals surface area contributed by atoms with E-state index in [1.165, 1.54) is 0 Å². The maximum absolute atomic E-state index is 10.5. The third kappa shape index (κ3) is 4.21. The van der Waals surface area contributed by atoms with Crippen molar-refractivity contribution >= 4 is 5.97 Å². The van der Waals surface area contributed by atoms with Gasteiger partial charge in [0.2, 0.25) is 0 Å². The lowest BCUT2D eigenvalue weighted by Gasteiger charge is -2.03. The number of hydrogen-bond donors (Lipinski definition) is 1. The average molecular weight is 152 g/mol. The Morgan fingerprint density at radius 1 is 1.82 bits per heavy atom. The standard InChI is InChI=1S/C9H12O2/c1-3-5-7-8(6-4-2)9(10)11/h2-3,5,8H,6-7H2,1H3,(H,10,11). The lowest BCUT2D eigenvalue weighted by Crippen LogP contribution is -2.11. The van der Waals surface area contributed by atoms with E-state index in [0.29, 0.717) is 12.8 Å². The fourth-order valence-electron chi connectivity index (χ4n) is 0.714. The van der Waals surface area contributed by atoms with E-state index in [1.807, 2.05) is 19.1 Å². The van der Waals surface area contributed by atoms with E-state index in [4.69, 9.17) is 11.5 Å². The Hall–Kier alpha value is -1.23. The molecular formula is C9H12O2. The molecule has 2 heteroatoms. The minimum atomic E-state index is -0.818. The van der Waals surface area contributed by atoms with Crippen LogP contribution >= 0.6 is 0 Å². The van der Waals surface area contributed by atoms with Gasteiger partial charge in [0, 0.05) is 6.42 Å². The van der Waals surface area contributed by atoms with Gasteiger partial charge < -0.3 is 5.11 Å². The summed E-state index contributed by atoms with van der Waals surface area (Å²) >= 11 is 0. The number of aliphatic carboxylic acids is 1. The molecule has 0 radical (unpaired) electrons. The van der Waals surface area contributed by atoms with Crippen molar-refractivity contribution in [3.8, 4) is 12.3 Å². The van der Waals surface area contributed by atoms with Crippen LogP contribution in [0.15, 0.2) is 12.2 Å².